The zero-order valence-corrected chi connectivity index (χ0v) is 10.9. The second-order valence-electron chi connectivity index (χ2n) is 4.27. The van der Waals surface area contributed by atoms with Gasteiger partial charge < -0.3 is 9.73 Å². The van der Waals surface area contributed by atoms with E-state index < -0.39 is 0 Å². The number of rotatable bonds is 2. The van der Waals surface area contributed by atoms with Gasteiger partial charge in [-0.15, -0.1) is 0 Å². The van der Waals surface area contributed by atoms with Gasteiger partial charge in [0.2, 0.25) is 5.89 Å². The Kier molecular flexibility index (Phi) is 2.99. The van der Waals surface area contributed by atoms with Gasteiger partial charge in [-0.05, 0) is 37.2 Å². The zero-order chi connectivity index (χ0) is 11.7. The number of hydrogen-bond acceptors (Lipinski definition) is 3. The zero-order valence-electron chi connectivity index (χ0n) is 9.32. The van der Waals surface area contributed by atoms with Crippen molar-refractivity contribution in [3.63, 3.8) is 0 Å². The lowest BCUT2D eigenvalue weighted by molar-refractivity contribution is 0.570. The van der Waals surface area contributed by atoms with Crippen molar-refractivity contribution < 1.29 is 4.42 Å². The van der Waals surface area contributed by atoms with Crippen LogP contribution in [0.15, 0.2) is 39.4 Å². The second kappa shape index (κ2) is 4.63. The summed E-state index contributed by atoms with van der Waals surface area (Å²) in [7, 11) is 0. The van der Waals surface area contributed by atoms with Crippen molar-refractivity contribution >= 4 is 15.9 Å². The summed E-state index contributed by atoms with van der Waals surface area (Å²) in [5, 5.41) is 3.34. The van der Waals surface area contributed by atoms with Crippen molar-refractivity contribution in [1.29, 1.82) is 0 Å². The molecule has 0 saturated carbocycles. The third-order valence-electron chi connectivity index (χ3n) is 3.09. The lowest BCUT2D eigenvalue weighted by Gasteiger charge is -2.00. The molecule has 1 N–H and O–H groups in total. The topological polar surface area (TPSA) is 38.1 Å². The van der Waals surface area contributed by atoms with Crippen LogP contribution in [0.3, 0.4) is 0 Å². The van der Waals surface area contributed by atoms with Crippen molar-refractivity contribution in [2.75, 3.05) is 13.1 Å². The standard InChI is InChI=1S/C13H13BrN2O/c14-11-3-1-9(2-4-11)13-16-12(8-17-13)10-5-6-15-7-10/h1-4,8,10,15H,5-7H2. The van der Waals surface area contributed by atoms with Crippen molar-refractivity contribution in [2.24, 2.45) is 0 Å². The van der Waals surface area contributed by atoms with Gasteiger partial charge in [-0.25, -0.2) is 4.98 Å². The summed E-state index contributed by atoms with van der Waals surface area (Å²) in [5.74, 6) is 1.21. The van der Waals surface area contributed by atoms with Crippen LogP contribution in [0, 0.1) is 0 Å². The average Bonchev–Trinajstić information content (AvgIpc) is 3.00. The molecule has 1 aromatic heterocycles. The van der Waals surface area contributed by atoms with Gasteiger partial charge in [0.05, 0.1) is 5.69 Å². The second-order valence-corrected chi connectivity index (χ2v) is 5.19. The highest BCUT2D eigenvalue weighted by molar-refractivity contribution is 9.10. The Morgan fingerprint density at radius 3 is 2.82 bits per heavy atom. The van der Waals surface area contributed by atoms with Crippen LogP contribution in [0.1, 0.15) is 18.0 Å². The predicted octanol–water partition coefficient (Wildman–Crippen LogP) is 3.18. The molecule has 0 bridgehead atoms. The molecule has 1 atom stereocenters. The van der Waals surface area contributed by atoms with Crippen molar-refractivity contribution in [2.45, 2.75) is 12.3 Å². The van der Waals surface area contributed by atoms with Gasteiger partial charge in [0, 0.05) is 22.5 Å². The summed E-state index contributed by atoms with van der Waals surface area (Å²) in [6.07, 6.45) is 2.93. The molecule has 1 aromatic carbocycles. The largest absolute Gasteiger partial charge is 0.444 e. The Bertz CT molecular complexity index is 500. The fraction of sp³-hybridized carbons (Fsp3) is 0.308. The summed E-state index contributed by atoms with van der Waals surface area (Å²) < 4.78 is 6.61. The molecule has 0 spiro atoms. The summed E-state index contributed by atoms with van der Waals surface area (Å²) in [6.45, 7) is 2.08. The number of oxazole rings is 1. The van der Waals surface area contributed by atoms with Gasteiger partial charge >= 0.3 is 0 Å². The summed E-state index contributed by atoms with van der Waals surface area (Å²) in [6, 6.07) is 8.01. The van der Waals surface area contributed by atoms with E-state index in [1.807, 2.05) is 24.3 Å². The minimum atomic E-state index is 0.503. The monoisotopic (exact) mass is 292 g/mol. The molecule has 1 aliphatic heterocycles. The Morgan fingerprint density at radius 1 is 1.29 bits per heavy atom. The summed E-state index contributed by atoms with van der Waals surface area (Å²) in [5.41, 5.74) is 2.08. The first-order chi connectivity index (χ1) is 8.33. The van der Waals surface area contributed by atoms with E-state index in [4.69, 9.17) is 4.42 Å². The maximum absolute atomic E-state index is 5.55. The summed E-state index contributed by atoms with van der Waals surface area (Å²) in [4.78, 5) is 4.57. The van der Waals surface area contributed by atoms with E-state index in [9.17, 15) is 0 Å². The van der Waals surface area contributed by atoms with Crippen LogP contribution >= 0.6 is 15.9 Å². The maximum atomic E-state index is 5.55. The molecule has 1 unspecified atom stereocenters. The minimum absolute atomic E-state index is 0.503. The quantitative estimate of drug-likeness (QED) is 0.924. The van der Waals surface area contributed by atoms with E-state index >= 15 is 0 Å². The molecule has 0 radical (unpaired) electrons. The third kappa shape index (κ3) is 2.28. The molecule has 1 saturated heterocycles. The average molecular weight is 293 g/mol. The highest BCUT2D eigenvalue weighted by Crippen LogP contribution is 2.26. The molecule has 1 aliphatic rings. The molecular formula is C13H13BrN2O. The van der Waals surface area contributed by atoms with E-state index in [-0.39, 0.29) is 0 Å². The lowest BCUT2D eigenvalue weighted by Crippen LogP contribution is -2.08. The number of nitrogens with zero attached hydrogens (tertiary/aromatic N) is 1. The van der Waals surface area contributed by atoms with Crippen LogP contribution < -0.4 is 5.32 Å². The Labute approximate surface area is 108 Å². The minimum Gasteiger partial charge on any atom is -0.444 e. The van der Waals surface area contributed by atoms with Crippen LogP contribution in [0.2, 0.25) is 0 Å². The van der Waals surface area contributed by atoms with Crippen molar-refractivity contribution in [3.8, 4) is 11.5 Å². The molecule has 17 heavy (non-hydrogen) atoms. The van der Waals surface area contributed by atoms with E-state index in [1.165, 1.54) is 0 Å². The molecule has 2 heterocycles. The molecule has 3 rings (SSSR count). The van der Waals surface area contributed by atoms with Crippen molar-refractivity contribution in [3.05, 3.63) is 40.7 Å². The lowest BCUT2D eigenvalue weighted by atomic mass is 10.1. The van der Waals surface area contributed by atoms with E-state index in [2.05, 4.69) is 26.2 Å². The van der Waals surface area contributed by atoms with Crippen molar-refractivity contribution in [1.82, 2.24) is 10.3 Å². The van der Waals surface area contributed by atoms with Crippen LogP contribution in [0.4, 0.5) is 0 Å². The molecule has 2 aromatic rings. The normalized spacial score (nSPS) is 19.7. The Morgan fingerprint density at radius 2 is 2.12 bits per heavy atom. The highest BCUT2D eigenvalue weighted by Gasteiger charge is 2.20. The van der Waals surface area contributed by atoms with Gasteiger partial charge in [0.15, 0.2) is 0 Å². The Balaban J connectivity index is 1.86. The van der Waals surface area contributed by atoms with Crippen LogP contribution in [-0.2, 0) is 0 Å². The highest BCUT2D eigenvalue weighted by atomic mass is 79.9. The van der Waals surface area contributed by atoms with Crippen LogP contribution in [0.25, 0.3) is 11.5 Å². The fourth-order valence-corrected chi connectivity index (χ4v) is 2.37. The predicted molar refractivity (Wildman–Crippen MR) is 69.9 cm³/mol. The number of nitrogens with one attached hydrogen (secondary N) is 1. The number of benzene rings is 1. The molecule has 0 aliphatic carbocycles. The Hall–Kier alpha value is -1.13. The van der Waals surface area contributed by atoms with Crippen LogP contribution in [-0.4, -0.2) is 18.1 Å². The molecule has 3 nitrogen and oxygen atoms in total. The first-order valence-corrected chi connectivity index (χ1v) is 6.54. The van der Waals surface area contributed by atoms with E-state index in [1.54, 1.807) is 6.26 Å². The molecule has 88 valence electrons. The van der Waals surface area contributed by atoms with Crippen LogP contribution in [0.5, 0.6) is 0 Å². The van der Waals surface area contributed by atoms with Gasteiger partial charge in [0.1, 0.15) is 6.26 Å². The van der Waals surface area contributed by atoms with E-state index in [0.717, 1.165) is 35.2 Å². The number of halogens is 1. The van der Waals surface area contributed by atoms with Gasteiger partial charge in [-0.3, -0.25) is 0 Å². The number of aromatic nitrogens is 1. The molecular weight excluding hydrogens is 280 g/mol. The fourth-order valence-electron chi connectivity index (χ4n) is 2.11. The number of hydrogen-bond donors (Lipinski definition) is 1. The smallest absolute Gasteiger partial charge is 0.226 e. The molecule has 1 fully saturated rings. The first kappa shape index (κ1) is 11.0. The van der Waals surface area contributed by atoms with Gasteiger partial charge in [-0.1, -0.05) is 15.9 Å². The van der Waals surface area contributed by atoms with Gasteiger partial charge in [-0.2, -0.15) is 0 Å². The van der Waals surface area contributed by atoms with E-state index in [0.29, 0.717) is 11.8 Å². The maximum Gasteiger partial charge on any atom is 0.226 e. The summed E-state index contributed by atoms with van der Waals surface area (Å²) >= 11 is 3.42. The SMILES string of the molecule is Brc1ccc(-c2nc(C3CCNC3)co2)cc1. The molecule has 0 amide bonds. The third-order valence-corrected chi connectivity index (χ3v) is 3.62. The van der Waals surface area contributed by atoms with Gasteiger partial charge in [0.25, 0.3) is 0 Å². The first-order valence-electron chi connectivity index (χ1n) is 5.75. The molecule has 4 heteroatoms.